The first-order valence-electron chi connectivity index (χ1n) is 5.64. The first-order valence-corrected chi connectivity index (χ1v) is 7.25. The van der Waals surface area contributed by atoms with Gasteiger partial charge in [-0.25, -0.2) is 9.37 Å². The number of aromatic nitrogens is 2. The smallest absolute Gasteiger partial charge is 0.251 e. The van der Waals surface area contributed by atoms with E-state index in [0.29, 0.717) is 5.69 Å². The Balaban J connectivity index is 2.42. The molecule has 6 nitrogen and oxygen atoms in total. The molecule has 0 amide bonds. The van der Waals surface area contributed by atoms with E-state index in [2.05, 4.69) is 31.1 Å². The number of nitrogens with two attached hydrogens (primary N) is 1. The van der Waals surface area contributed by atoms with Crippen LogP contribution in [0.1, 0.15) is 11.3 Å². The fourth-order valence-electron chi connectivity index (χ4n) is 1.57. The lowest BCUT2D eigenvalue weighted by Gasteiger charge is -2.08. The molecule has 0 aliphatic heterocycles. The van der Waals surface area contributed by atoms with E-state index in [9.17, 15) is 9.18 Å². The Morgan fingerprint density at radius 2 is 2.29 bits per heavy atom. The molecule has 9 heteroatoms. The summed E-state index contributed by atoms with van der Waals surface area (Å²) in [6.07, 6.45) is 0. The summed E-state index contributed by atoms with van der Waals surface area (Å²) < 4.78 is 14.3. The largest absolute Gasteiger partial charge is 0.409 e. The molecule has 0 aliphatic rings. The van der Waals surface area contributed by atoms with Crippen molar-refractivity contribution in [2.45, 2.75) is 17.0 Å². The molecule has 0 bridgehead atoms. The fraction of sp³-hybridized carbons (Fsp3) is 0.0833. The lowest BCUT2D eigenvalue weighted by atomic mass is 10.2. The van der Waals surface area contributed by atoms with Gasteiger partial charge in [-0.1, -0.05) is 5.16 Å². The predicted octanol–water partition coefficient (Wildman–Crippen LogP) is 2.23. The van der Waals surface area contributed by atoms with Crippen molar-refractivity contribution < 1.29 is 9.60 Å². The van der Waals surface area contributed by atoms with Crippen LogP contribution in [0.2, 0.25) is 0 Å². The van der Waals surface area contributed by atoms with Crippen molar-refractivity contribution in [3.05, 3.63) is 50.1 Å². The Bertz CT molecular complexity index is 778. The van der Waals surface area contributed by atoms with Gasteiger partial charge in [0.15, 0.2) is 16.8 Å². The highest BCUT2D eigenvalue weighted by atomic mass is 79.9. The Labute approximate surface area is 131 Å². The monoisotopic (exact) mass is 372 g/mol. The number of nitrogens with zero attached hydrogens (tertiary/aromatic N) is 2. The zero-order valence-corrected chi connectivity index (χ0v) is 13.1. The summed E-state index contributed by atoms with van der Waals surface area (Å²) in [6, 6.07) is 4.30. The maximum Gasteiger partial charge on any atom is 0.251 e. The summed E-state index contributed by atoms with van der Waals surface area (Å²) in [4.78, 5) is 18.2. The summed E-state index contributed by atoms with van der Waals surface area (Å²) >= 11 is 4.03. The van der Waals surface area contributed by atoms with Crippen LogP contribution in [-0.4, -0.2) is 21.0 Å². The number of aromatic amines is 1. The summed E-state index contributed by atoms with van der Waals surface area (Å²) in [5.74, 6) is -0.798. The zero-order chi connectivity index (χ0) is 15.6. The number of H-pyrrole nitrogens is 1. The van der Waals surface area contributed by atoms with Crippen LogP contribution in [0.5, 0.6) is 0 Å². The summed E-state index contributed by atoms with van der Waals surface area (Å²) in [7, 11) is 0. The van der Waals surface area contributed by atoms with E-state index in [1.165, 1.54) is 18.2 Å². The quantitative estimate of drug-likeness (QED) is 0.252. The van der Waals surface area contributed by atoms with Crippen LogP contribution in [0.25, 0.3) is 0 Å². The number of rotatable bonds is 3. The molecular formula is C12H10BrFN4O2S. The maximum atomic E-state index is 14.3. The molecule has 0 radical (unpaired) electrons. The van der Waals surface area contributed by atoms with E-state index >= 15 is 0 Å². The van der Waals surface area contributed by atoms with Crippen molar-refractivity contribution in [1.82, 2.24) is 9.97 Å². The van der Waals surface area contributed by atoms with E-state index < -0.39 is 5.82 Å². The first kappa shape index (κ1) is 15.5. The van der Waals surface area contributed by atoms with Gasteiger partial charge in [0.1, 0.15) is 0 Å². The highest BCUT2D eigenvalue weighted by Crippen LogP contribution is 2.32. The number of aryl methyl sites for hydroxylation is 1. The lowest BCUT2D eigenvalue weighted by Crippen LogP contribution is -2.14. The van der Waals surface area contributed by atoms with Crippen LogP contribution in [0.4, 0.5) is 4.39 Å². The van der Waals surface area contributed by atoms with Crippen LogP contribution in [0.3, 0.4) is 0 Å². The van der Waals surface area contributed by atoms with Gasteiger partial charge >= 0.3 is 0 Å². The minimum atomic E-state index is -0.590. The van der Waals surface area contributed by atoms with Crippen LogP contribution in [0.15, 0.2) is 42.7 Å². The topological polar surface area (TPSA) is 104 Å². The Morgan fingerprint density at radius 1 is 1.57 bits per heavy atom. The molecule has 0 saturated heterocycles. The molecule has 1 aromatic carbocycles. The molecular weight excluding hydrogens is 363 g/mol. The van der Waals surface area contributed by atoms with Gasteiger partial charge in [0.25, 0.3) is 5.56 Å². The van der Waals surface area contributed by atoms with Crippen LogP contribution in [-0.2, 0) is 0 Å². The van der Waals surface area contributed by atoms with Gasteiger partial charge in [0.2, 0.25) is 0 Å². The Hall–Kier alpha value is -1.87. The van der Waals surface area contributed by atoms with E-state index in [1.807, 2.05) is 0 Å². The van der Waals surface area contributed by atoms with E-state index in [0.717, 1.165) is 11.8 Å². The van der Waals surface area contributed by atoms with Gasteiger partial charge in [-0.2, -0.15) is 0 Å². The standard InChI is InChI=1S/C12H10BrFN4O2S/c1-5-4-8(19)17-12(16-5)21-7-3-2-6(11(15)18-20)9(13)10(7)14/h2-4,20H,1H3,(H2,15,18)(H,16,17,19). The highest BCUT2D eigenvalue weighted by Gasteiger charge is 2.15. The average Bonchev–Trinajstić information content (AvgIpc) is 2.42. The summed E-state index contributed by atoms with van der Waals surface area (Å²) in [5.41, 5.74) is 5.90. The Morgan fingerprint density at radius 3 is 2.90 bits per heavy atom. The van der Waals surface area contributed by atoms with Crippen LogP contribution in [0, 0.1) is 12.7 Å². The fourth-order valence-corrected chi connectivity index (χ4v) is 3.12. The van der Waals surface area contributed by atoms with Crippen LogP contribution < -0.4 is 11.3 Å². The number of halogens is 2. The molecule has 4 N–H and O–H groups in total. The number of amidine groups is 1. The van der Waals surface area contributed by atoms with Gasteiger partial charge in [-0.3, -0.25) is 4.79 Å². The van der Waals surface area contributed by atoms with Crippen molar-refractivity contribution in [2.75, 3.05) is 0 Å². The SMILES string of the molecule is Cc1cc(=O)[nH]c(Sc2ccc(/C(N)=N/O)c(Br)c2F)n1. The van der Waals surface area contributed by atoms with Crippen molar-refractivity contribution in [3.8, 4) is 0 Å². The van der Waals surface area contributed by atoms with Gasteiger partial charge < -0.3 is 15.9 Å². The molecule has 0 saturated carbocycles. The number of oxime groups is 1. The molecule has 21 heavy (non-hydrogen) atoms. The molecule has 0 unspecified atom stereocenters. The zero-order valence-electron chi connectivity index (χ0n) is 10.7. The van der Waals surface area contributed by atoms with Gasteiger partial charge in [-0.15, -0.1) is 0 Å². The Kier molecular flexibility index (Phi) is 4.63. The third kappa shape index (κ3) is 3.42. The molecule has 0 aliphatic carbocycles. The predicted molar refractivity (Wildman–Crippen MR) is 80.3 cm³/mol. The summed E-state index contributed by atoms with van der Waals surface area (Å²) in [5, 5.41) is 11.7. The number of hydrogen-bond donors (Lipinski definition) is 3. The van der Waals surface area contributed by atoms with Gasteiger partial charge in [0, 0.05) is 17.3 Å². The van der Waals surface area contributed by atoms with Gasteiger partial charge in [-0.05, 0) is 46.7 Å². The molecule has 0 spiro atoms. The number of hydrogen-bond acceptors (Lipinski definition) is 5. The average molecular weight is 373 g/mol. The van der Waals surface area contributed by atoms with Crippen LogP contribution >= 0.6 is 27.7 Å². The number of nitrogens with one attached hydrogen (secondary N) is 1. The molecule has 110 valence electrons. The van der Waals surface area contributed by atoms with E-state index in [4.69, 9.17) is 10.9 Å². The summed E-state index contributed by atoms with van der Waals surface area (Å²) in [6.45, 7) is 1.67. The second-order valence-corrected chi connectivity index (χ2v) is 5.84. The number of benzene rings is 1. The molecule has 0 atom stereocenters. The molecule has 0 fully saturated rings. The minimum absolute atomic E-state index is 0.0674. The minimum Gasteiger partial charge on any atom is -0.409 e. The maximum absolute atomic E-state index is 14.3. The van der Waals surface area contributed by atoms with E-state index in [1.54, 1.807) is 6.92 Å². The van der Waals surface area contributed by atoms with E-state index in [-0.39, 0.29) is 31.5 Å². The van der Waals surface area contributed by atoms with Crippen molar-refractivity contribution in [3.63, 3.8) is 0 Å². The third-order valence-corrected chi connectivity index (χ3v) is 4.18. The van der Waals surface area contributed by atoms with Crippen molar-refractivity contribution >= 4 is 33.5 Å². The highest BCUT2D eigenvalue weighted by molar-refractivity contribution is 9.10. The van der Waals surface area contributed by atoms with Gasteiger partial charge in [0.05, 0.1) is 9.37 Å². The van der Waals surface area contributed by atoms with Crippen molar-refractivity contribution in [1.29, 1.82) is 0 Å². The first-order chi connectivity index (χ1) is 9.92. The molecule has 2 aromatic rings. The molecule has 2 rings (SSSR count). The second kappa shape index (κ2) is 6.27. The van der Waals surface area contributed by atoms with Crippen molar-refractivity contribution in [2.24, 2.45) is 10.9 Å². The normalized spacial score (nSPS) is 11.7. The second-order valence-electron chi connectivity index (χ2n) is 4.02. The molecule has 1 aromatic heterocycles. The lowest BCUT2D eigenvalue weighted by molar-refractivity contribution is 0.318. The third-order valence-electron chi connectivity index (χ3n) is 2.49. The molecule has 1 heterocycles.